The van der Waals surface area contributed by atoms with Gasteiger partial charge in [-0.15, -0.1) is 0 Å². The molecule has 0 unspecified atom stereocenters. The zero-order valence-corrected chi connectivity index (χ0v) is 19.4. The normalized spacial score (nSPS) is 10.7. The summed E-state index contributed by atoms with van der Waals surface area (Å²) in [6, 6.07) is 8.31. The molecule has 0 spiro atoms. The zero-order valence-electron chi connectivity index (χ0n) is 18.7. The molecule has 0 saturated carbocycles. The summed E-state index contributed by atoms with van der Waals surface area (Å²) in [6.45, 7) is 4.77. The number of unbranched alkanes of at least 4 members (excludes halogenated alkanes) is 1. The van der Waals surface area contributed by atoms with E-state index in [1.54, 1.807) is 30.3 Å². The number of carboxylic acids is 1. The van der Waals surface area contributed by atoms with Gasteiger partial charge in [0.15, 0.2) is 5.78 Å². The van der Waals surface area contributed by atoms with E-state index in [1.807, 2.05) is 13.8 Å². The first kappa shape index (κ1) is 25.5. The van der Waals surface area contributed by atoms with Crippen LogP contribution in [0.1, 0.15) is 67.4 Å². The maximum atomic E-state index is 12.4. The molecular formula is C25H31ClO6. The Morgan fingerprint density at radius 2 is 1.66 bits per heavy atom. The fourth-order valence-electron chi connectivity index (χ4n) is 3.31. The van der Waals surface area contributed by atoms with Crippen LogP contribution in [0.3, 0.4) is 0 Å². The van der Waals surface area contributed by atoms with Crippen molar-refractivity contribution < 1.29 is 29.3 Å². The van der Waals surface area contributed by atoms with Crippen molar-refractivity contribution in [3.05, 3.63) is 52.0 Å². The fraction of sp³-hybridized carbons (Fsp3) is 0.440. The van der Waals surface area contributed by atoms with Crippen LogP contribution in [0.25, 0.3) is 0 Å². The number of phenolic OH excluding ortho intramolecular Hbond substituents is 1. The van der Waals surface area contributed by atoms with Gasteiger partial charge in [0.05, 0.1) is 30.2 Å². The molecule has 0 amide bonds. The number of carbonyl (C=O) groups excluding carboxylic acids is 1. The Hall–Kier alpha value is -2.73. The number of hydrogen-bond donors (Lipinski definition) is 2. The highest BCUT2D eigenvalue weighted by Gasteiger charge is 2.18. The number of hydrogen-bond acceptors (Lipinski definition) is 5. The molecule has 32 heavy (non-hydrogen) atoms. The predicted octanol–water partition coefficient (Wildman–Crippen LogP) is 5.85. The van der Waals surface area contributed by atoms with Gasteiger partial charge in [-0.2, -0.15) is 0 Å². The van der Waals surface area contributed by atoms with Crippen LogP contribution in [-0.2, 0) is 17.6 Å². The molecule has 2 rings (SSSR count). The van der Waals surface area contributed by atoms with E-state index in [0.717, 1.165) is 19.3 Å². The molecule has 0 aliphatic rings. The Bertz CT molecular complexity index is 925. The summed E-state index contributed by atoms with van der Waals surface area (Å²) in [5, 5.41) is 19.9. The lowest BCUT2D eigenvalue weighted by Crippen LogP contribution is -2.08. The van der Waals surface area contributed by atoms with Crippen LogP contribution in [0.15, 0.2) is 30.3 Å². The van der Waals surface area contributed by atoms with Gasteiger partial charge >= 0.3 is 5.97 Å². The first-order valence-electron chi connectivity index (χ1n) is 11.0. The summed E-state index contributed by atoms with van der Waals surface area (Å²) < 4.78 is 11.5. The molecule has 6 nitrogen and oxygen atoms in total. The number of aliphatic carboxylic acids is 1. The van der Waals surface area contributed by atoms with Crippen LogP contribution in [-0.4, -0.2) is 35.2 Å². The SMILES string of the molecule is CCCCC(=O)c1ccc(OCCCOc2ccc(CC(=O)O)cc2Cl)c(CCC)c1O. The second-order valence-electron chi connectivity index (χ2n) is 7.60. The Balaban J connectivity index is 1.92. The number of carboxylic acid groups (broad SMARTS) is 1. The van der Waals surface area contributed by atoms with Crippen molar-refractivity contribution in [2.45, 2.75) is 58.8 Å². The van der Waals surface area contributed by atoms with E-state index >= 15 is 0 Å². The van der Waals surface area contributed by atoms with Gasteiger partial charge in [-0.3, -0.25) is 9.59 Å². The van der Waals surface area contributed by atoms with Gasteiger partial charge in [0.25, 0.3) is 0 Å². The van der Waals surface area contributed by atoms with Gasteiger partial charge in [0, 0.05) is 18.4 Å². The first-order valence-corrected chi connectivity index (χ1v) is 11.4. The molecule has 2 N–H and O–H groups in total. The van der Waals surface area contributed by atoms with Crippen LogP contribution >= 0.6 is 11.6 Å². The summed E-state index contributed by atoms with van der Waals surface area (Å²) in [5.74, 6) is 0.120. The average molecular weight is 463 g/mol. The molecule has 0 saturated heterocycles. The summed E-state index contributed by atoms with van der Waals surface area (Å²) in [4.78, 5) is 23.2. The highest BCUT2D eigenvalue weighted by atomic mass is 35.5. The highest BCUT2D eigenvalue weighted by Crippen LogP contribution is 2.34. The van der Waals surface area contributed by atoms with E-state index in [4.69, 9.17) is 26.2 Å². The van der Waals surface area contributed by atoms with E-state index in [0.29, 0.717) is 65.7 Å². The van der Waals surface area contributed by atoms with Crippen molar-refractivity contribution in [1.82, 2.24) is 0 Å². The second-order valence-corrected chi connectivity index (χ2v) is 8.01. The number of aromatic hydroxyl groups is 1. The Labute approximate surface area is 194 Å². The van der Waals surface area contributed by atoms with Crippen molar-refractivity contribution in [1.29, 1.82) is 0 Å². The third-order valence-electron chi connectivity index (χ3n) is 4.95. The number of halogens is 1. The third-order valence-corrected chi connectivity index (χ3v) is 5.25. The number of ketones is 1. The largest absolute Gasteiger partial charge is 0.507 e. The monoisotopic (exact) mass is 462 g/mol. The van der Waals surface area contributed by atoms with Crippen molar-refractivity contribution >= 4 is 23.4 Å². The Morgan fingerprint density at radius 3 is 2.28 bits per heavy atom. The maximum Gasteiger partial charge on any atom is 0.307 e. The standard InChI is InChI=1S/C25H31ClO6/c1-3-5-8-21(27)18-10-12-22(19(7-4-2)25(18)30)31-13-6-14-32-23-11-9-17(15-20(23)26)16-24(28)29/h9-12,15,30H,3-8,13-14,16H2,1-2H3,(H,28,29). The fourth-order valence-corrected chi connectivity index (χ4v) is 3.57. The van der Waals surface area contributed by atoms with Crippen LogP contribution in [0, 0.1) is 0 Å². The molecule has 0 heterocycles. The molecule has 0 fully saturated rings. The second kappa shape index (κ2) is 13.0. The minimum Gasteiger partial charge on any atom is -0.507 e. The molecule has 0 atom stereocenters. The van der Waals surface area contributed by atoms with E-state index in [1.165, 1.54) is 0 Å². The van der Waals surface area contributed by atoms with Crippen molar-refractivity contribution in [2.75, 3.05) is 13.2 Å². The van der Waals surface area contributed by atoms with Crippen LogP contribution in [0.5, 0.6) is 17.2 Å². The van der Waals surface area contributed by atoms with Crippen molar-refractivity contribution in [3.63, 3.8) is 0 Å². The zero-order chi connectivity index (χ0) is 23.5. The topological polar surface area (TPSA) is 93.1 Å². The van der Waals surface area contributed by atoms with E-state index in [-0.39, 0.29) is 18.0 Å². The minimum atomic E-state index is -0.918. The van der Waals surface area contributed by atoms with Crippen molar-refractivity contribution in [2.24, 2.45) is 0 Å². The average Bonchev–Trinajstić information content (AvgIpc) is 2.75. The van der Waals surface area contributed by atoms with E-state index in [2.05, 4.69) is 0 Å². The summed E-state index contributed by atoms with van der Waals surface area (Å²) >= 11 is 6.16. The van der Waals surface area contributed by atoms with Crippen molar-refractivity contribution in [3.8, 4) is 17.2 Å². The maximum absolute atomic E-state index is 12.4. The number of ether oxygens (including phenoxy) is 2. The molecule has 0 aliphatic carbocycles. The molecule has 0 radical (unpaired) electrons. The van der Waals surface area contributed by atoms with Crippen LogP contribution in [0.4, 0.5) is 0 Å². The molecule has 0 aromatic heterocycles. The molecule has 0 aliphatic heterocycles. The lowest BCUT2D eigenvalue weighted by molar-refractivity contribution is -0.136. The van der Waals surface area contributed by atoms with Gasteiger partial charge in [-0.1, -0.05) is 44.4 Å². The van der Waals surface area contributed by atoms with Gasteiger partial charge in [0.1, 0.15) is 17.2 Å². The molecule has 174 valence electrons. The molecule has 2 aromatic rings. The quantitative estimate of drug-likeness (QED) is 0.270. The van der Waals surface area contributed by atoms with E-state index < -0.39 is 5.97 Å². The van der Waals surface area contributed by atoms with Gasteiger partial charge in [0.2, 0.25) is 0 Å². The summed E-state index contributed by atoms with van der Waals surface area (Å²) in [7, 11) is 0. The molecule has 7 heteroatoms. The summed E-state index contributed by atoms with van der Waals surface area (Å²) in [5.41, 5.74) is 1.63. The lowest BCUT2D eigenvalue weighted by Gasteiger charge is -2.15. The molecule has 2 aromatic carbocycles. The number of Topliss-reactive ketones (excluding diaryl/α,β-unsaturated/α-hetero) is 1. The minimum absolute atomic E-state index is 0.0231. The third kappa shape index (κ3) is 7.45. The van der Waals surface area contributed by atoms with Crippen LogP contribution < -0.4 is 9.47 Å². The summed E-state index contributed by atoms with van der Waals surface area (Å²) in [6.07, 6.45) is 4.07. The van der Waals surface area contributed by atoms with E-state index in [9.17, 15) is 14.7 Å². The number of phenols is 1. The van der Waals surface area contributed by atoms with Gasteiger partial charge in [-0.05, 0) is 42.7 Å². The smallest absolute Gasteiger partial charge is 0.307 e. The number of rotatable bonds is 14. The number of carbonyl (C=O) groups is 2. The molecular weight excluding hydrogens is 432 g/mol. The van der Waals surface area contributed by atoms with Gasteiger partial charge < -0.3 is 19.7 Å². The number of benzene rings is 2. The Morgan fingerprint density at radius 1 is 0.969 bits per heavy atom. The van der Waals surface area contributed by atoms with Gasteiger partial charge in [-0.25, -0.2) is 0 Å². The molecule has 0 bridgehead atoms. The lowest BCUT2D eigenvalue weighted by atomic mass is 9.98. The Kier molecular flexibility index (Phi) is 10.3. The highest BCUT2D eigenvalue weighted by molar-refractivity contribution is 6.32. The first-order chi connectivity index (χ1) is 15.4. The van der Waals surface area contributed by atoms with Crippen LogP contribution in [0.2, 0.25) is 5.02 Å². The predicted molar refractivity (Wildman–Crippen MR) is 124 cm³/mol.